The van der Waals surface area contributed by atoms with Crippen LogP contribution in [0, 0.1) is 0 Å². The Morgan fingerprint density at radius 1 is 1.05 bits per heavy atom. The van der Waals surface area contributed by atoms with Crippen LogP contribution in [0.1, 0.15) is 41.5 Å². The molecule has 0 aliphatic carbocycles. The maximum atomic E-state index is 11.6. The van der Waals surface area contributed by atoms with E-state index in [0.717, 1.165) is 4.79 Å². The van der Waals surface area contributed by atoms with Crippen LogP contribution in [-0.2, 0) is 9.47 Å². The average molecular weight is 298 g/mol. The van der Waals surface area contributed by atoms with Gasteiger partial charge in [0.2, 0.25) is 0 Å². The molecule has 21 heavy (non-hydrogen) atoms. The Balaban J connectivity index is 2.54. The van der Waals surface area contributed by atoms with E-state index in [2.05, 4.69) is 15.8 Å². The number of hydrogen-bond acceptors (Lipinski definition) is 5. The van der Waals surface area contributed by atoms with Crippen LogP contribution in [0.15, 0.2) is 12.3 Å². The highest BCUT2D eigenvalue weighted by molar-refractivity contribution is 5.83. The van der Waals surface area contributed by atoms with Gasteiger partial charge in [0.1, 0.15) is 11.2 Å². The minimum atomic E-state index is -0.644. The number of aromatic nitrogens is 2. The fourth-order valence-electron chi connectivity index (χ4n) is 1.26. The van der Waals surface area contributed by atoms with Crippen molar-refractivity contribution in [2.45, 2.75) is 52.7 Å². The van der Waals surface area contributed by atoms with E-state index in [0.29, 0.717) is 0 Å². The Kier molecular flexibility index (Phi) is 4.82. The number of anilines is 1. The molecule has 0 aromatic carbocycles. The molecule has 0 aliphatic heterocycles. The maximum Gasteiger partial charge on any atom is 0.428 e. The second kappa shape index (κ2) is 6.02. The average Bonchev–Trinajstić information content (AvgIpc) is 2.58. The fourth-order valence-corrected chi connectivity index (χ4v) is 1.26. The zero-order valence-electron chi connectivity index (χ0n) is 13.2. The maximum absolute atomic E-state index is 11.6. The molecule has 1 heterocycles. The Morgan fingerprint density at radius 2 is 1.57 bits per heavy atom. The largest absolute Gasteiger partial charge is 0.444 e. The van der Waals surface area contributed by atoms with Crippen molar-refractivity contribution < 1.29 is 19.1 Å². The molecule has 118 valence electrons. The first kappa shape index (κ1) is 16.8. The lowest BCUT2D eigenvalue weighted by Crippen LogP contribution is -2.32. The number of ether oxygens (including phenoxy) is 2. The monoisotopic (exact) mass is 298 g/mol. The van der Waals surface area contributed by atoms with Crippen molar-refractivity contribution in [3.05, 3.63) is 12.3 Å². The Labute approximate surface area is 123 Å². The summed E-state index contributed by atoms with van der Waals surface area (Å²) in [6.45, 7) is 10.5. The van der Waals surface area contributed by atoms with E-state index in [9.17, 15) is 9.59 Å². The zero-order valence-corrected chi connectivity index (χ0v) is 13.2. The van der Waals surface area contributed by atoms with Gasteiger partial charge in [-0.15, -0.1) is 5.10 Å². The number of carbonyl (C=O) groups is 2. The van der Waals surface area contributed by atoms with Crippen LogP contribution >= 0.6 is 0 Å². The summed E-state index contributed by atoms with van der Waals surface area (Å²) >= 11 is 0. The molecule has 0 spiro atoms. The van der Waals surface area contributed by atoms with Gasteiger partial charge in [0.25, 0.3) is 0 Å². The lowest BCUT2D eigenvalue weighted by molar-refractivity contribution is 0.0607. The van der Waals surface area contributed by atoms with Crippen molar-refractivity contribution in [2.24, 2.45) is 0 Å². The van der Waals surface area contributed by atoms with Crippen LogP contribution < -0.4 is 10.7 Å². The molecular weight excluding hydrogens is 276 g/mol. The molecule has 0 aliphatic rings. The van der Waals surface area contributed by atoms with Crippen LogP contribution in [0.4, 0.5) is 15.4 Å². The third-order valence-corrected chi connectivity index (χ3v) is 1.82. The van der Waals surface area contributed by atoms with E-state index in [1.807, 2.05) is 0 Å². The lowest BCUT2D eigenvalue weighted by Gasteiger charge is -2.19. The first-order valence-corrected chi connectivity index (χ1v) is 6.50. The molecule has 8 nitrogen and oxygen atoms in total. The summed E-state index contributed by atoms with van der Waals surface area (Å²) in [4.78, 5) is 24.2. The topological polar surface area (TPSA) is 94.5 Å². The van der Waals surface area contributed by atoms with Gasteiger partial charge in [-0.1, -0.05) is 0 Å². The highest BCUT2D eigenvalue weighted by Crippen LogP contribution is 2.10. The molecule has 2 N–H and O–H groups in total. The van der Waals surface area contributed by atoms with Gasteiger partial charge >= 0.3 is 12.2 Å². The number of rotatable bonds is 2. The van der Waals surface area contributed by atoms with E-state index in [1.54, 1.807) is 41.5 Å². The number of nitrogens with one attached hydrogen (secondary N) is 2. The van der Waals surface area contributed by atoms with Crippen molar-refractivity contribution >= 4 is 18.0 Å². The van der Waals surface area contributed by atoms with E-state index in [4.69, 9.17) is 9.47 Å². The zero-order chi connectivity index (χ0) is 16.3. The Bertz CT molecular complexity index is 466. The summed E-state index contributed by atoms with van der Waals surface area (Å²) in [5.74, 6) is 0.250. The van der Waals surface area contributed by atoms with Crippen LogP contribution in [0.2, 0.25) is 0 Å². The van der Waals surface area contributed by atoms with Crippen molar-refractivity contribution in [2.75, 3.05) is 10.7 Å². The SMILES string of the molecule is CC(C)(C)OC(=O)Nc1ccn(NC(=O)OC(C)(C)C)n1. The lowest BCUT2D eigenvalue weighted by atomic mass is 10.2. The number of amides is 2. The molecule has 0 bridgehead atoms. The molecule has 2 amide bonds. The van der Waals surface area contributed by atoms with Crippen LogP contribution in [-0.4, -0.2) is 33.3 Å². The van der Waals surface area contributed by atoms with Gasteiger partial charge in [-0.05, 0) is 41.5 Å². The summed E-state index contributed by atoms with van der Waals surface area (Å²) in [6.07, 6.45) is 0.204. The molecule has 1 rings (SSSR count). The van der Waals surface area contributed by atoms with Gasteiger partial charge in [0.05, 0.1) is 6.20 Å². The first-order valence-electron chi connectivity index (χ1n) is 6.50. The Morgan fingerprint density at radius 3 is 2.10 bits per heavy atom. The third kappa shape index (κ3) is 7.19. The predicted octanol–water partition coefficient (Wildman–Crippen LogP) is 2.71. The summed E-state index contributed by atoms with van der Waals surface area (Å²) in [6, 6.07) is 1.52. The van der Waals surface area contributed by atoms with Gasteiger partial charge in [0.15, 0.2) is 5.82 Å². The standard InChI is InChI=1S/C13H22N4O4/c1-12(2,3)20-10(18)14-9-7-8-17(15-9)16-11(19)21-13(4,5)6/h7-8H,1-6H3,(H,16,19)(H,14,15,18). The predicted molar refractivity (Wildman–Crippen MR) is 77.7 cm³/mol. The molecule has 0 saturated heterocycles. The number of carbonyl (C=O) groups excluding carboxylic acids is 2. The molecule has 0 saturated carbocycles. The molecular formula is C13H22N4O4. The molecule has 1 aromatic rings. The molecule has 0 radical (unpaired) electrons. The van der Waals surface area contributed by atoms with Gasteiger partial charge in [0, 0.05) is 6.07 Å². The highest BCUT2D eigenvalue weighted by Gasteiger charge is 2.18. The van der Waals surface area contributed by atoms with Crippen LogP contribution in [0.25, 0.3) is 0 Å². The number of nitrogens with zero attached hydrogens (tertiary/aromatic N) is 2. The van der Waals surface area contributed by atoms with Gasteiger partial charge in [-0.3, -0.25) is 5.32 Å². The van der Waals surface area contributed by atoms with Gasteiger partial charge < -0.3 is 9.47 Å². The second-order valence-electron chi connectivity index (χ2n) is 6.39. The van der Waals surface area contributed by atoms with Crippen molar-refractivity contribution in [3.63, 3.8) is 0 Å². The smallest absolute Gasteiger partial charge is 0.428 e. The van der Waals surface area contributed by atoms with E-state index in [-0.39, 0.29) is 5.82 Å². The Hall–Kier alpha value is -2.25. The summed E-state index contributed by atoms with van der Waals surface area (Å²) in [7, 11) is 0. The normalized spacial score (nSPS) is 11.7. The summed E-state index contributed by atoms with van der Waals surface area (Å²) in [5.41, 5.74) is 1.19. The molecule has 0 unspecified atom stereocenters. The quantitative estimate of drug-likeness (QED) is 0.875. The van der Waals surface area contributed by atoms with E-state index < -0.39 is 23.4 Å². The van der Waals surface area contributed by atoms with Crippen molar-refractivity contribution in [1.29, 1.82) is 0 Å². The highest BCUT2D eigenvalue weighted by atomic mass is 16.6. The van der Waals surface area contributed by atoms with Gasteiger partial charge in [-0.25, -0.2) is 15.0 Å². The van der Waals surface area contributed by atoms with Gasteiger partial charge in [-0.2, -0.15) is 4.79 Å². The second-order valence-corrected chi connectivity index (χ2v) is 6.39. The summed E-state index contributed by atoms with van der Waals surface area (Å²) < 4.78 is 10.2. The van der Waals surface area contributed by atoms with E-state index >= 15 is 0 Å². The van der Waals surface area contributed by atoms with Crippen LogP contribution in [0.3, 0.4) is 0 Å². The van der Waals surface area contributed by atoms with E-state index in [1.165, 1.54) is 12.3 Å². The van der Waals surface area contributed by atoms with Crippen LogP contribution in [0.5, 0.6) is 0 Å². The molecule has 8 heteroatoms. The van der Waals surface area contributed by atoms with Crippen molar-refractivity contribution in [1.82, 2.24) is 9.89 Å². The first-order chi connectivity index (χ1) is 9.44. The minimum absolute atomic E-state index is 0.250. The van der Waals surface area contributed by atoms with Crippen molar-refractivity contribution in [3.8, 4) is 0 Å². The minimum Gasteiger partial charge on any atom is -0.444 e. The summed E-state index contributed by atoms with van der Waals surface area (Å²) in [5, 5.41) is 6.40. The molecule has 0 fully saturated rings. The number of hydrogen-bond donors (Lipinski definition) is 2. The third-order valence-electron chi connectivity index (χ3n) is 1.82. The fraction of sp³-hybridized carbons (Fsp3) is 0.615. The molecule has 0 atom stereocenters. The molecule has 1 aromatic heterocycles.